The van der Waals surface area contributed by atoms with Crippen LogP contribution in [0.4, 0.5) is 0 Å². The number of ether oxygens (including phenoxy) is 1. The van der Waals surface area contributed by atoms with Gasteiger partial charge >= 0.3 is 0 Å². The molecule has 0 aromatic heterocycles. The van der Waals surface area contributed by atoms with Crippen molar-refractivity contribution in [3.63, 3.8) is 0 Å². The van der Waals surface area contributed by atoms with Gasteiger partial charge in [-0.15, -0.1) is 0 Å². The Morgan fingerprint density at radius 3 is 2.71 bits per heavy atom. The van der Waals surface area contributed by atoms with Crippen LogP contribution < -0.4 is 4.74 Å². The summed E-state index contributed by atoms with van der Waals surface area (Å²) in [7, 11) is 0. The molecule has 1 unspecified atom stereocenters. The minimum absolute atomic E-state index is 0.115. The predicted octanol–water partition coefficient (Wildman–Crippen LogP) is 0.817. The van der Waals surface area contributed by atoms with Crippen molar-refractivity contribution >= 4 is 0 Å². The molecular weight excluding hydrogens is 184 g/mol. The van der Waals surface area contributed by atoms with Crippen LogP contribution in [0.5, 0.6) is 11.5 Å². The van der Waals surface area contributed by atoms with Gasteiger partial charge in [-0.25, -0.2) is 0 Å². The number of phenolic OH excluding ortho intramolecular Hbond substituents is 1. The number of aliphatic hydroxyl groups excluding tert-OH is 2. The van der Waals surface area contributed by atoms with E-state index in [0.717, 1.165) is 0 Å². The molecule has 3 N–H and O–H groups in total. The number of rotatable bonds is 4. The Morgan fingerprint density at radius 1 is 1.43 bits per heavy atom. The minimum Gasteiger partial charge on any atom is -0.504 e. The quantitative estimate of drug-likeness (QED) is 0.669. The smallest absolute Gasteiger partial charge is 0.163 e. The van der Waals surface area contributed by atoms with Crippen molar-refractivity contribution < 1.29 is 20.1 Å². The number of hydrogen-bond acceptors (Lipinski definition) is 4. The summed E-state index contributed by atoms with van der Waals surface area (Å²) in [4.78, 5) is 0. The lowest BCUT2D eigenvalue weighted by Gasteiger charge is -2.12. The zero-order chi connectivity index (χ0) is 10.6. The third kappa shape index (κ3) is 2.16. The van der Waals surface area contributed by atoms with Crippen LogP contribution in [0.3, 0.4) is 0 Å². The molecule has 78 valence electrons. The van der Waals surface area contributed by atoms with E-state index in [4.69, 9.17) is 9.84 Å². The summed E-state index contributed by atoms with van der Waals surface area (Å²) in [5.74, 6) is 0.202. The molecule has 4 nitrogen and oxygen atoms in total. The van der Waals surface area contributed by atoms with E-state index in [9.17, 15) is 10.2 Å². The van der Waals surface area contributed by atoms with E-state index in [1.165, 1.54) is 0 Å². The predicted molar refractivity (Wildman–Crippen MR) is 51.3 cm³/mol. The Bertz CT molecular complexity index is 298. The zero-order valence-electron chi connectivity index (χ0n) is 7.97. The van der Waals surface area contributed by atoms with Gasteiger partial charge in [0.15, 0.2) is 11.5 Å². The molecule has 0 heterocycles. The van der Waals surface area contributed by atoms with Crippen LogP contribution in [0.2, 0.25) is 0 Å². The van der Waals surface area contributed by atoms with Crippen LogP contribution in [0, 0.1) is 0 Å². The van der Waals surface area contributed by atoms with Gasteiger partial charge in [0.2, 0.25) is 0 Å². The molecule has 0 aliphatic heterocycles. The third-order valence-corrected chi connectivity index (χ3v) is 1.86. The second-order valence-electron chi connectivity index (χ2n) is 2.83. The summed E-state index contributed by atoms with van der Waals surface area (Å²) in [5, 5.41) is 27.7. The largest absolute Gasteiger partial charge is 0.504 e. The molecular formula is C10H14O4. The van der Waals surface area contributed by atoms with Crippen LogP contribution in [-0.2, 0) is 0 Å². The van der Waals surface area contributed by atoms with E-state index in [-0.39, 0.29) is 11.3 Å². The van der Waals surface area contributed by atoms with Crippen LogP contribution in [-0.4, -0.2) is 28.5 Å². The van der Waals surface area contributed by atoms with Gasteiger partial charge in [-0.05, 0) is 13.0 Å². The molecule has 0 aliphatic carbocycles. The maximum atomic E-state index is 9.63. The first kappa shape index (κ1) is 10.8. The first-order valence-electron chi connectivity index (χ1n) is 4.44. The van der Waals surface area contributed by atoms with Gasteiger partial charge in [0, 0.05) is 5.56 Å². The average molecular weight is 198 g/mol. The van der Waals surface area contributed by atoms with E-state index in [2.05, 4.69) is 0 Å². The normalized spacial score (nSPS) is 12.5. The fraction of sp³-hybridized carbons (Fsp3) is 0.400. The van der Waals surface area contributed by atoms with Crippen molar-refractivity contribution in [3.05, 3.63) is 23.8 Å². The zero-order valence-corrected chi connectivity index (χ0v) is 7.97. The van der Waals surface area contributed by atoms with Crippen LogP contribution in [0.25, 0.3) is 0 Å². The topological polar surface area (TPSA) is 69.9 Å². The van der Waals surface area contributed by atoms with Gasteiger partial charge in [-0.1, -0.05) is 12.1 Å². The average Bonchev–Trinajstić information content (AvgIpc) is 2.20. The number of benzene rings is 1. The number of para-hydroxylation sites is 1. The molecule has 0 saturated heterocycles. The summed E-state index contributed by atoms with van der Waals surface area (Å²) >= 11 is 0. The molecule has 0 spiro atoms. The highest BCUT2D eigenvalue weighted by Gasteiger charge is 2.14. The number of phenols is 1. The molecule has 0 amide bonds. The third-order valence-electron chi connectivity index (χ3n) is 1.86. The van der Waals surface area contributed by atoms with Crippen LogP contribution >= 0.6 is 0 Å². The summed E-state index contributed by atoms with van der Waals surface area (Å²) in [5.41, 5.74) is 0.276. The Balaban J connectivity index is 3.00. The van der Waals surface area contributed by atoms with E-state index >= 15 is 0 Å². The van der Waals surface area contributed by atoms with Gasteiger partial charge in [0.05, 0.1) is 13.2 Å². The highest BCUT2D eigenvalue weighted by Crippen LogP contribution is 2.33. The Hall–Kier alpha value is -1.26. The second kappa shape index (κ2) is 4.83. The van der Waals surface area contributed by atoms with Crippen LogP contribution in [0.1, 0.15) is 18.6 Å². The lowest BCUT2D eigenvalue weighted by molar-refractivity contribution is 0.0930. The van der Waals surface area contributed by atoms with Gasteiger partial charge in [-0.3, -0.25) is 0 Å². The maximum absolute atomic E-state index is 9.63. The molecule has 14 heavy (non-hydrogen) atoms. The number of hydrogen-bond donors (Lipinski definition) is 3. The fourth-order valence-electron chi connectivity index (χ4n) is 1.18. The number of aliphatic hydroxyl groups is 2. The molecule has 0 radical (unpaired) electrons. The molecule has 0 aliphatic rings. The van der Waals surface area contributed by atoms with E-state index in [1.54, 1.807) is 25.1 Å². The van der Waals surface area contributed by atoms with Gasteiger partial charge in [0.25, 0.3) is 0 Å². The summed E-state index contributed by atoms with van der Waals surface area (Å²) in [6.07, 6.45) is -1.07. The molecule has 4 heteroatoms. The second-order valence-corrected chi connectivity index (χ2v) is 2.83. The van der Waals surface area contributed by atoms with Crippen molar-refractivity contribution in [2.45, 2.75) is 13.0 Å². The lowest BCUT2D eigenvalue weighted by Crippen LogP contribution is -2.03. The minimum atomic E-state index is -1.07. The first-order chi connectivity index (χ1) is 6.70. The highest BCUT2D eigenvalue weighted by molar-refractivity contribution is 5.46. The van der Waals surface area contributed by atoms with Crippen molar-refractivity contribution in [2.75, 3.05) is 13.2 Å². The summed E-state index contributed by atoms with van der Waals surface area (Å²) < 4.78 is 5.13. The standard InChI is InChI=1S/C10H14O4/c1-2-14-9-5-3-4-7(10(9)13)8(12)6-11/h3-5,8,11-13H,2,6H2,1H3. The van der Waals surface area contributed by atoms with E-state index in [0.29, 0.717) is 12.4 Å². The molecule has 0 saturated carbocycles. The van der Waals surface area contributed by atoms with Gasteiger partial charge in [0.1, 0.15) is 6.10 Å². The first-order valence-corrected chi connectivity index (χ1v) is 4.44. The fourth-order valence-corrected chi connectivity index (χ4v) is 1.18. The Kier molecular flexibility index (Phi) is 3.73. The lowest BCUT2D eigenvalue weighted by atomic mass is 10.1. The number of aromatic hydroxyl groups is 1. The van der Waals surface area contributed by atoms with E-state index in [1.807, 2.05) is 0 Å². The molecule has 1 aromatic carbocycles. The Morgan fingerprint density at radius 2 is 2.14 bits per heavy atom. The molecule has 1 rings (SSSR count). The van der Waals surface area contributed by atoms with E-state index < -0.39 is 12.7 Å². The summed E-state index contributed by atoms with van der Waals surface area (Å²) in [6, 6.07) is 4.80. The SMILES string of the molecule is CCOc1cccc(C(O)CO)c1O. The molecule has 0 bridgehead atoms. The monoisotopic (exact) mass is 198 g/mol. The highest BCUT2D eigenvalue weighted by atomic mass is 16.5. The van der Waals surface area contributed by atoms with Crippen LogP contribution in [0.15, 0.2) is 18.2 Å². The summed E-state index contributed by atoms with van der Waals surface area (Å²) in [6.45, 7) is 1.81. The Labute approximate surface area is 82.4 Å². The molecule has 0 fully saturated rings. The molecule has 1 atom stereocenters. The van der Waals surface area contributed by atoms with Crippen molar-refractivity contribution in [1.29, 1.82) is 0 Å². The van der Waals surface area contributed by atoms with Crippen molar-refractivity contribution in [2.24, 2.45) is 0 Å². The van der Waals surface area contributed by atoms with Crippen molar-refractivity contribution in [3.8, 4) is 11.5 Å². The van der Waals surface area contributed by atoms with Crippen molar-refractivity contribution in [1.82, 2.24) is 0 Å². The van der Waals surface area contributed by atoms with Gasteiger partial charge in [-0.2, -0.15) is 0 Å². The van der Waals surface area contributed by atoms with Gasteiger partial charge < -0.3 is 20.1 Å². The molecule has 1 aromatic rings. The maximum Gasteiger partial charge on any atom is 0.163 e.